The van der Waals surface area contributed by atoms with E-state index >= 15 is 0 Å². The Labute approximate surface area is 112 Å². The van der Waals surface area contributed by atoms with Gasteiger partial charge in [0.1, 0.15) is 18.0 Å². The molecule has 1 aromatic carbocycles. The van der Waals surface area contributed by atoms with Crippen LogP contribution < -0.4 is 4.74 Å². The van der Waals surface area contributed by atoms with Crippen molar-refractivity contribution in [3.8, 4) is 5.75 Å². The van der Waals surface area contributed by atoms with E-state index in [9.17, 15) is 4.79 Å². The van der Waals surface area contributed by atoms with Crippen molar-refractivity contribution in [2.24, 2.45) is 0 Å². The highest BCUT2D eigenvalue weighted by atomic mass is 16.6. The van der Waals surface area contributed by atoms with Gasteiger partial charge in [0, 0.05) is 0 Å². The molecule has 1 saturated carbocycles. The van der Waals surface area contributed by atoms with Gasteiger partial charge in [-0.2, -0.15) is 0 Å². The molecule has 2 fully saturated rings. The van der Waals surface area contributed by atoms with E-state index in [0.717, 1.165) is 37.0 Å². The van der Waals surface area contributed by atoms with Crippen LogP contribution in [0.2, 0.25) is 0 Å². The lowest BCUT2D eigenvalue weighted by molar-refractivity contribution is -0.150. The van der Waals surface area contributed by atoms with Crippen molar-refractivity contribution < 1.29 is 19.0 Å². The minimum absolute atomic E-state index is 0.105. The van der Waals surface area contributed by atoms with Crippen molar-refractivity contribution in [1.82, 2.24) is 0 Å². The average Bonchev–Trinajstić information content (AvgIpc) is 3.09. The van der Waals surface area contributed by atoms with E-state index in [4.69, 9.17) is 14.2 Å². The SMILES string of the molecule is COc1ccc(C2OC2C(=O)OC2CCCC2)cc1. The molecule has 2 aliphatic rings. The number of hydrogen-bond donors (Lipinski definition) is 0. The van der Waals surface area contributed by atoms with Crippen LogP contribution in [-0.2, 0) is 14.3 Å². The number of epoxide rings is 1. The van der Waals surface area contributed by atoms with Gasteiger partial charge >= 0.3 is 5.97 Å². The molecule has 19 heavy (non-hydrogen) atoms. The molecule has 102 valence electrons. The number of benzene rings is 1. The number of hydrogen-bond acceptors (Lipinski definition) is 4. The van der Waals surface area contributed by atoms with Crippen molar-refractivity contribution in [2.75, 3.05) is 7.11 Å². The monoisotopic (exact) mass is 262 g/mol. The van der Waals surface area contributed by atoms with E-state index in [1.54, 1.807) is 7.11 Å². The van der Waals surface area contributed by atoms with E-state index in [-0.39, 0.29) is 18.2 Å². The summed E-state index contributed by atoms with van der Waals surface area (Å²) in [4.78, 5) is 11.9. The Morgan fingerprint density at radius 3 is 2.53 bits per heavy atom. The second-order valence-electron chi connectivity index (χ2n) is 5.09. The molecule has 4 nitrogen and oxygen atoms in total. The van der Waals surface area contributed by atoms with E-state index in [1.165, 1.54) is 0 Å². The van der Waals surface area contributed by atoms with Crippen molar-refractivity contribution in [3.63, 3.8) is 0 Å². The largest absolute Gasteiger partial charge is 0.497 e. The Morgan fingerprint density at radius 1 is 1.21 bits per heavy atom. The average molecular weight is 262 g/mol. The molecule has 1 saturated heterocycles. The maximum Gasteiger partial charge on any atom is 0.338 e. The van der Waals surface area contributed by atoms with Gasteiger partial charge in [0.2, 0.25) is 0 Å². The summed E-state index contributed by atoms with van der Waals surface area (Å²) in [5.74, 6) is 0.585. The van der Waals surface area contributed by atoms with Crippen LogP contribution in [0.3, 0.4) is 0 Å². The van der Waals surface area contributed by atoms with Crippen LogP contribution in [0.25, 0.3) is 0 Å². The minimum atomic E-state index is -0.422. The smallest absolute Gasteiger partial charge is 0.338 e. The molecule has 1 aliphatic heterocycles. The van der Waals surface area contributed by atoms with E-state index in [2.05, 4.69) is 0 Å². The standard InChI is InChI=1S/C15H18O4/c1-17-11-8-6-10(7-9-11)13-14(19-13)15(16)18-12-4-2-3-5-12/h6-9,12-14H,2-5H2,1H3. The van der Waals surface area contributed by atoms with Gasteiger partial charge < -0.3 is 14.2 Å². The molecule has 1 aromatic rings. The van der Waals surface area contributed by atoms with Crippen LogP contribution in [0, 0.1) is 0 Å². The minimum Gasteiger partial charge on any atom is -0.497 e. The molecule has 0 amide bonds. The first-order chi connectivity index (χ1) is 9.28. The van der Waals surface area contributed by atoms with Gasteiger partial charge in [-0.15, -0.1) is 0 Å². The number of ether oxygens (including phenoxy) is 3. The number of rotatable bonds is 4. The predicted molar refractivity (Wildman–Crippen MR) is 69.0 cm³/mol. The predicted octanol–water partition coefficient (Wildman–Crippen LogP) is 2.62. The van der Waals surface area contributed by atoms with Crippen LogP contribution in [0.1, 0.15) is 37.4 Å². The Hall–Kier alpha value is -1.55. The molecule has 0 radical (unpaired) electrons. The fourth-order valence-electron chi connectivity index (χ4n) is 2.58. The van der Waals surface area contributed by atoms with Crippen LogP contribution in [0.15, 0.2) is 24.3 Å². The first kappa shape index (κ1) is 12.5. The molecule has 1 aliphatic carbocycles. The molecule has 0 aromatic heterocycles. The number of esters is 1. The molecule has 1 heterocycles. The summed E-state index contributed by atoms with van der Waals surface area (Å²) in [6.45, 7) is 0. The highest BCUT2D eigenvalue weighted by Gasteiger charge is 2.48. The van der Waals surface area contributed by atoms with Gasteiger partial charge in [0.25, 0.3) is 0 Å². The molecule has 4 heteroatoms. The lowest BCUT2D eigenvalue weighted by Crippen LogP contribution is -2.19. The van der Waals surface area contributed by atoms with Gasteiger partial charge in [0.15, 0.2) is 6.10 Å². The summed E-state index contributed by atoms with van der Waals surface area (Å²) in [6, 6.07) is 7.59. The maximum absolute atomic E-state index is 11.9. The van der Waals surface area contributed by atoms with Gasteiger partial charge in [-0.3, -0.25) is 0 Å². The highest BCUT2D eigenvalue weighted by molar-refractivity contribution is 5.78. The van der Waals surface area contributed by atoms with Gasteiger partial charge in [-0.25, -0.2) is 4.79 Å². The fraction of sp³-hybridized carbons (Fsp3) is 0.533. The third-order valence-corrected chi connectivity index (χ3v) is 3.75. The lowest BCUT2D eigenvalue weighted by Gasteiger charge is -2.09. The van der Waals surface area contributed by atoms with Crippen molar-refractivity contribution in [2.45, 2.75) is 44.0 Å². The molecule has 0 bridgehead atoms. The Kier molecular flexibility index (Phi) is 3.42. The van der Waals surface area contributed by atoms with Gasteiger partial charge in [-0.05, 0) is 43.4 Å². The summed E-state index contributed by atoms with van der Waals surface area (Å²) >= 11 is 0. The highest BCUT2D eigenvalue weighted by Crippen LogP contribution is 2.40. The normalized spacial score (nSPS) is 26.2. The van der Waals surface area contributed by atoms with Crippen LogP contribution in [0.4, 0.5) is 0 Å². The van der Waals surface area contributed by atoms with Crippen LogP contribution in [-0.4, -0.2) is 25.3 Å². The summed E-state index contributed by atoms with van der Waals surface area (Å²) in [7, 11) is 1.63. The Bertz CT molecular complexity index is 448. The van der Waals surface area contributed by atoms with Gasteiger partial charge in [0.05, 0.1) is 7.11 Å². The number of methoxy groups -OCH3 is 1. The second kappa shape index (κ2) is 5.21. The van der Waals surface area contributed by atoms with Crippen molar-refractivity contribution in [3.05, 3.63) is 29.8 Å². The lowest BCUT2D eigenvalue weighted by atomic mass is 10.1. The zero-order chi connectivity index (χ0) is 13.2. The summed E-state index contributed by atoms with van der Waals surface area (Å²) in [5, 5.41) is 0. The van der Waals surface area contributed by atoms with Crippen molar-refractivity contribution >= 4 is 5.97 Å². The summed E-state index contributed by atoms with van der Waals surface area (Å²) < 4.78 is 16.0. The zero-order valence-electron chi connectivity index (χ0n) is 11.0. The third-order valence-electron chi connectivity index (χ3n) is 3.75. The molecule has 3 rings (SSSR count). The quantitative estimate of drug-likeness (QED) is 0.618. The molecule has 0 N–H and O–H groups in total. The van der Waals surface area contributed by atoms with Crippen LogP contribution >= 0.6 is 0 Å². The van der Waals surface area contributed by atoms with Gasteiger partial charge in [-0.1, -0.05) is 12.1 Å². The molecule has 2 atom stereocenters. The first-order valence-electron chi connectivity index (χ1n) is 6.78. The molecular weight excluding hydrogens is 244 g/mol. The second-order valence-corrected chi connectivity index (χ2v) is 5.09. The zero-order valence-corrected chi connectivity index (χ0v) is 11.0. The topological polar surface area (TPSA) is 48.1 Å². The van der Waals surface area contributed by atoms with E-state index in [1.807, 2.05) is 24.3 Å². The number of carbonyl (C=O) groups is 1. The Balaban J connectivity index is 1.55. The van der Waals surface area contributed by atoms with Crippen molar-refractivity contribution in [1.29, 1.82) is 0 Å². The third kappa shape index (κ3) is 2.73. The Morgan fingerprint density at radius 2 is 1.89 bits per heavy atom. The molecule has 0 spiro atoms. The first-order valence-corrected chi connectivity index (χ1v) is 6.78. The fourth-order valence-corrected chi connectivity index (χ4v) is 2.58. The summed E-state index contributed by atoms with van der Waals surface area (Å²) in [5.41, 5.74) is 0.995. The van der Waals surface area contributed by atoms with E-state index < -0.39 is 6.10 Å². The van der Waals surface area contributed by atoms with Crippen LogP contribution in [0.5, 0.6) is 5.75 Å². The molecular formula is C15H18O4. The molecule has 2 unspecified atom stereocenters. The summed E-state index contributed by atoms with van der Waals surface area (Å²) in [6.07, 6.45) is 3.83. The number of carbonyl (C=O) groups excluding carboxylic acids is 1. The van der Waals surface area contributed by atoms with E-state index in [0.29, 0.717) is 0 Å². The maximum atomic E-state index is 11.9.